The number of carbonyl (C=O) groups is 2. The number of hydrogen-bond donors (Lipinski definition) is 1. The van der Waals surface area contributed by atoms with Gasteiger partial charge in [0.1, 0.15) is 5.69 Å². The third kappa shape index (κ3) is 4.68. The molecule has 1 unspecified atom stereocenters. The molecule has 0 aliphatic carbocycles. The Morgan fingerprint density at radius 2 is 1.96 bits per heavy atom. The molecular formula is C18H20N4O4S. The van der Waals surface area contributed by atoms with E-state index in [1.165, 1.54) is 23.2 Å². The van der Waals surface area contributed by atoms with Gasteiger partial charge in [-0.15, -0.1) is 0 Å². The Bertz CT molecular complexity index is 947. The van der Waals surface area contributed by atoms with Gasteiger partial charge < -0.3 is 10.2 Å². The fourth-order valence-electron chi connectivity index (χ4n) is 2.91. The number of rotatable bonds is 5. The van der Waals surface area contributed by atoms with E-state index in [9.17, 15) is 18.0 Å². The van der Waals surface area contributed by atoms with E-state index in [0.717, 1.165) is 5.56 Å². The van der Waals surface area contributed by atoms with Crippen molar-refractivity contribution in [2.75, 3.05) is 18.6 Å². The summed E-state index contributed by atoms with van der Waals surface area (Å²) in [6.45, 7) is 0.320. The number of nitrogens with one attached hydrogen (secondary N) is 1. The van der Waals surface area contributed by atoms with Gasteiger partial charge in [-0.1, -0.05) is 0 Å². The molecule has 2 aromatic heterocycles. The van der Waals surface area contributed by atoms with Crippen molar-refractivity contribution in [3.63, 3.8) is 0 Å². The van der Waals surface area contributed by atoms with Crippen LogP contribution in [0.1, 0.15) is 32.8 Å². The molecule has 27 heavy (non-hydrogen) atoms. The van der Waals surface area contributed by atoms with Crippen LogP contribution in [0.15, 0.2) is 42.9 Å². The van der Waals surface area contributed by atoms with Crippen LogP contribution in [0.5, 0.6) is 0 Å². The molecule has 3 rings (SSSR count). The largest absolute Gasteiger partial charge is 0.347 e. The molecule has 2 aromatic rings. The lowest BCUT2D eigenvalue weighted by molar-refractivity contribution is 0.0747. The Morgan fingerprint density at radius 1 is 1.22 bits per heavy atom. The molecular weight excluding hydrogens is 368 g/mol. The first-order chi connectivity index (χ1) is 12.9. The summed E-state index contributed by atoms with van der Waals surface area (Å²) in [6, 6.07) is 6.17. The van der Waals surface area contributed by atoms with Gasteiger partial charge in [0.2, 0.25) is 0 Å². The molecule has 8 nitrogen and oxygen atoms in total. The first kappa shape index (κ1) is 19.0. The van der Waals surface area contributed by atoms with Crippen molar-refractivity contribution in [3.05, 3.63) is 59.7 Å². The average Bonchev–Trinajstić information content (AvgIpc) is 3.05. The van der Waals surface area contributed by atoms with Crippen LogP contribution in [-0.2, 0) is 16.4 Å². The lowest BCUT2D eigenvalue weighted by Crippen LogP contribution is -2.38. The van der Waals surface area contributed by atoms with Crippen molar-refractivity contribution in [3.8, 4) is 0 Å². The van der Waals surface area contributed by atoms with E-state index in [2.05, 4.69) is 15.3 Å². The highest BCUT2D eigenvalue weighted by Gasteiger charge is 2.33. The number of amides is 2. The maximum Gasteiger partial charge on any atom is 0.270 e. The topological polar surface area (TPSA) is 109 Å². The normalized spacial score (nSPS) is 18.0. The molecule has 1 saturated heterocycles. The number of pyridine rings is 2. The fourth-order valence-corrected chi connectivity index (χ4v) is 4.69. The maximum atomic E-state index is 12.7. The molecule has 0 bridgehead atoms. The van der Waals surface area contributed by atoms with Gasteiger partial charge in [-0.2, -0.15) is 0 Å². The molecule has 9 heteroatoms. The smallest absolute Gasteiger partial charge is 0.270 e. The molecule has 142 valence electrons. The van der Waals surface area contributed by atoms with Crippen molar-refractivity contribution in [1.29, 1.82) is 0 Å². The van der Waals surface area contributed by atoms with E-state index in [4.69, 9.17) is 0 Å². The predicted molar refractivity (Wildman–Crippen MR) is 98.8 cm³/mol. The molecule has 1 aliphatic heterocycles. The van der Waals surface area contributed by atoms with Gasteiger partial charge in [0.15, 0.2) is 9.84 Å². The van der Waals surface area contributed by atoms with E-state index in [1.54, 1.807) is 31.6 Å². The van der Waals surface area contributed by atoms with E-state index >= 15 is 0 Å². The van der Waals surface area contributed by atoms with Crippen LogP contribution in [0.2, 0.25) is 0 Å². The minimum Gasteiger partial charge on any atom is -0.347 e. The third-order valence-electron chi connectivity index (χ3n) is 4.52. The van der Waals surface area contributed by atoms with Crippen molar-refractivity contribution in [2.45, 2.75) is 19.0 Å². The van der Waals surface area contributed by atoms with Gasteiger partial charge in [-0.3, -0.25) is 19.6 Å². The summed E-state index contributed by atoms with van der Waals surface area (Å²) in [5.41, 5.74) is 1.32. The zero-order valence-corrected chi connectivity index (χ0v) is 15.6. The van der Waals surface area contributed by atoms with Crippen molar-refractivity contribution in [1.82, 2.24) is 20.2 Å². The number of sulfone groups is 1. The standard InChI is InChI=1S/C18H20N4O4S/c1-22(15-5-9-27(25,26)12-15)18(24)14-4-8-20-16(10-14)17(23)21-11-13-2-6-19-7-3-13/h2-4,6-8,10,15H,5,9,11-12H2,1H3,(H,21,23). The second-order valence-corrected chi connectivity index (χ2v) is 8.67. The molecule has 0 aromatic carbocycles. The first-order valence-corrected chi connectivity index (χ1v) is 10.3. The maximum absolute atomic E-state index is 12.7. The fraction of sp³-hybridized carbons (Fsp3) is 0.333. The average molecular weight is 388 g/mol. The third-order valence-corrected chi connectivity index (χ3v) is 6.27. The highest BCUT2D eigenvalue weighted by molar-refractivity contribution is 7.91. The van der Waals surface area contributed by atoms with Crippen molar-refractivity contribution >= 4 is 21.7 Å². The van der Waals surface area contributed by atoms with Crippen LogP contribution in [0, 0.1) is 0 Å². The Hall–Kier alpha value is -2.81. The van der Waals surface area contributed by atoms with E-state index in [-0.39, 0.29) is 29.1 Å². The number of carbonyl (C=O) groups excluding carboxylic acids is 2. The van der Waals surface area contributed by atoms with E-state index in [1.807, 2.05) is 0 Å². The van der Waals surface area contributed by atoms with Gasteiger partial charge in [0, 0.05) is 43.8 Å². The Labute approximate surface area is 157 Å². The summed E-state index contributed by atoms with van der Waals surface area (Å²) in [5, 5.41) is 2.74. The molecule has 3 heterocycles. The minimum absolute atomic E-state index is 0.0282. The summed E-state index contributed by atoms with van der Waals surface area (Å²) < 4.78 is 23.3. The van der Waals surface area contributed by atoms with Crippen molar-refractivity contribution < 1.29 is 18.0 Å². The second-order valence-electron chi connectivity index (χ2n) is 6.44. The zero-order valence-electron chi connectivity index (χ0n) is 14.8. The molecule has 0 radical (unpaired) electrons. The zero-order chi connectivity index (χ0) is 19.4. The lowest BCUT2D eigenvalue weighted by atomic mass is 10.1. The van der Waals surface area contributed by atoms with E-state index in [0.29, 0.717) is 18.5 Å². The van der Waals surface area contributed by atoms with E-state index < -0.39 is 15.7 Å². The monoisotopic (exact) mass is 388 g/mol. The summed E-state index contributed by atoms with van der Waals surface area (Å²) in [7, 11) is -1.51. The number of aromatic nitrogens is 2. The SMILES string of the molecule is CN(C(=O)c1ccnc(C(=O)NCc2ccncc2)c1)C1CCS(=O)(=O)C1. The summed E-state index contributed by atoms with van der Waals surface area (Å²) in [5.74, 6) is -0.663. The molecule has 1 aliphatic rings. The van der Waals surface area contributed by atoms with Gasteiger partial charge in [0.25, 0.3) is 11.8 Å². The van der Waals surface area contributed by atoms with Gasteiger partial charge >= 0.3 is 0 Å². The lowest BCUT2D eigenvalue weighted by Gasteiger charge is -2.23. The predicted octanol–water partition coefficient (Wildman–Crippen LogP) is 0.666. The Kier molecular flexibility index (Phi) is 5.50. The molecule has 0 saturated carbocycles. The number of hydrogen-bond acceptors (Lipinski definition) is 6. The first-order valence-electron chi connectivity index (χ1n) is 8.46. The van der Waals surface area contributed by atoms with Crippen LogP contribution >= 0.6 is 0 Å². The summed E-state index contributed by atoms with van der Waals surface area (Å²) in [6.07, 6.45) is 5.10. The van der Waals surface area contributed by atoms with Gasteiger partial charge in [-0.05, 0) is 36.2 Å². The van der Waals surface area contributed by atoms with Crippen molar-refractivity contribution in [2.24, 2.45) is 0 Å². The Balaban J connectivity index is 1.67. The Morgan fingerprint density at radius 3 is 2.63 bits per heavy atom. The van der Waals surface area contributed by atoms with Crippen LogP contribution in [-0.4, -0.2) is 59.7 Å². The summed E-state index contributed by atoms with van der Waals surface area (Å²) in [4.78, 5) is 34.3. The van der Waals surface area contributed by atoms with Crippen LogP contribution in [0.25, 0.3) is 0 Å². The highest BCUT2D eigenvalue weighted by Crippen LogP contribution is 2.18. The van der Waals surface area contributed by atoms with Crippen LogP contribution < -0.4 is 5.32 Å². The summed E-state index contributed by atoms with van der Waals surface area (Å²) >= 11 is 0. The van der Waals surface area contributed by atoms with Crippen LogP contribution in [0.4, 0.5) is 0 Å². The van der Waals surface area contributed by atoms with Crippen LogP contribution in [0.3, 0.4) is 0 Å². The molecule has 1 N–H and O–H groups in total. The molecule has 1 fully saturated rings. The second kappa shape index (κ2) is 7.83. The van der Waals surface area contributed by atoms with Gasteiger partial charge in [0.05, 0.1) is 11.5 Å². The van der Waals surface area contributed by atoms with Gasteiger partial charge in [-0.25, -0.2) is 8.42 Å². The minimum atomic E-state index is -3.09. The number of nitrogens with zero attached hydrogens (tertiary/aromatic N) is 3. The highest BCUT2D eigenvalue weighted by atomic mass is 32.2. The molecule has 2 amide bonds. The molecule has 0 spiro atoms. The molecule has 1 atom stereocenters. The quantitative estimate of drug-likeness (QED) is 0.806.